The van der Waals surface area contributed by atoms with E-state index in [-0.39, 0.29) is 47.8 Å². The first-order valence-corrected chi connectivity index (χ1v) is 11.6. The van der Waals surface area contributed by atoms with E-state index >= 15 is 0 Å². The molecule has 2 bridgehead atoms. The molecule has 4 aliphatic carbocycles. The molecular formula is C26H23N3O6. The molecule has 3 fully saturated rings. The third kappa shape index (κ3) is 3.50. The van der Waals surface area contributed by atoms with Crippen LogP contribution >= 0.6 is 0 Å². The molecule has 0 aromatic heterocycles. The average Bonchev–Trinajstić information content (AvgIpc) is 3.66. The Kier molecular flexibility index (Phi) is 4.94. The maximum atomic E-state index is 13.1. The van der Waals surface area contributed by atoms with E-state index in [2.05, 4.69) is 17.3 Å². The van der Waals surface area contributed by atoms with E-state index in [0.717, 1.165) is 17.0 Å². The summed E-state index contributed by atoms with van der Waals surface area (Å²) in [6.45, 7) is 0.208. The Morgan fingerprint density at radius 2 is 1.69 bits per heavy atom. The molecule has 0 N–H and O–H groups in total. The molecule has 2 saturated carbocycles. The average molecular weight is 473 g/mol. The standard InChI is InChI=1S/C26H23N3O6/c1-34-22-10-15(4-9-21(22)35-13-14-2-5-16(6-3-14)29(32)33)12-27-28-25(30)23-17-7-8-18(20-11-19(17)20)24(23)26(28)31/h2-10,12,17-20,23-24H,11,13H2,1H3/b27-12-/t17-,18-,19-,20-,23+,24+/m1/s1. The molecule has 35 heavy (non-hydrogen) atoms. The number of amides is 2. The number of non-ortho nitro benzene ring substituents is 1. The quantitative estimate of drug-likeness (QED) is 0.200. The monoisotopic (exact) mass is 473 g/mol. The summed E-state index contributed by atoms with van der Waals surface area (Å²) in [6.07, 6.45) is 6.89. The van der Waals surface area contributed by atoms with Crippen LogP contribution < -0.4 is 9.47 Å². The van der Waals surface area contributed by atoms with Crippen LogP contribution in [-0.2, 0) is 16.2 Å². The SMILES string of the molecule is COc1cc(/C=N\N2C(=O)[C@H]3[C@@H]4C=C[C@H]([C@H]5C[C@H]45)[C@@H]3C2=O)ccc1OCc1ccc([N+](=O)[O-])cc1. The molecule has 9 nitrogen and oxygen atoms in total. The van der Waals surface area contributed by atoms with Gasteiger partial charge in [-0.25, -0.2) is 0 Å². The van der Waals surface area contributed by atoms with E-state index in [1.54, 1.807) is 30.3 Å². The van der Waals surface area contributed by atoms with E-state index in [4.69, 9.17) is 9.47 Å². The normalized spacial score (nSPS) is 29.9. The van der Waals surface area contributed by atoms with Crippen LogP contribution in [0.5, 0.6) is 11.5 Å². The number of carbonyl (C=O) groups is 2. The van der Waals surface area contributed by atoms with Gasteiger partial charge in [0.2, 0.25) is 0 Å². The molecule has 2 aromatic carbocycles. The van der Waals surface area contributed by atoms with Gasteiger partial charge in [-0.1, -0.05) is 12.2 Å². The van der Waals surface area contributed by atoms with E-state index in [9.17, 15) is 19.7 Å². The highest BCUT2D eigenvalue weighted by Gasteiger charge is 2.67. The third-order valence-corrected chi connectivity index (χ3v) is 7.69. The number of rotatable bonds is 7. The zero-order valence-corrected chi connectivity index (χ0v) is 18.9. The Morgan fingerprint density at radius 3 is 2.29 bits per heavy atom. The molecule has 2 amide bonds. The second kappa shape index (κ2) is 8.04. The van der Waals surface area contributed by atoms with Crippen LogP contribution in [0.15, 0.2) is 59.7 Å². The number of benzene rings is 2. The lowest BCUT2D eigenvalue weighted by molar-refractivity contribution is -0.384. The second-order valence-corrected chi connectivity index (χ2v) is 9.51. The molecule has 1 heterocycles. The van der Waals surface area contributed by atoms with E-state index in [0.29, 0.717) is 28.9 Å². The fraction of sp³-hybridized carbons (Fsp3) is 0.346. The Morgan fingerprint density at radius 1 is 1.03 bits per heavy atom. The van der Waals surface area contributed by atoms with Crippen LogP contribution in [0.1, 0.15) is 17.5 Å². The van der Waals surface area contributed by atoms with Gasteiger partial charge < -0.3 is 9.47 Å². The summed E-state index contributed by atoms with van der Waals surface area (Å²) in [5.74, 6) is 1.44. The first kappa shape index (κ1) is 21.5. The van der Waals surface area contributed by atoms with Crippen molar-refractivity contribution in [2.75, 3.05) is 7.11 Å². The molecule has 5 aliphatic rings. The van der Waals surface area contributed by atoms with Crippen LogP contribution in [0.2, 0.25) is 0 Å². The van der Waals surface area contributed by atoms with Gasteiger partial charge in [-0.05, 0) is 71.6 Å². The van der Waals surface area contributed by atoms with Crippen molar-refractivity contribution in [3.63, 3.8) is 0 Å². The lowest BCUT2D eigenvalue weighted by Crippen LogP contribution is -2.40. The summed E-state index contributed by atoms with van der Waals surface area (Å²) in [6, 6.07) is 11.3. The Labute approximate surface area is 201 Å². The fourth-order valence-corrected chi connectivity index (χ4v) is 5.94. The van der Waals surface area contributed by atoms with Crippen LogP contribution in [0.25, 0.3) is 0 Å². The number of hydrogen-bond acceptors (Lipinski definition) is 7. The van der Waals surface area contributed by atoms with Crippen molar-refractivity contribution in [1.82, 2.24) is 5.01 Å². The second-order valence-electron chi connectivity index (χ2n) is 9.51. The molecular weight excluding hydrogens is 450 g/mol. The molecule has 1 aliphatic heterocycles. The van der Waals surface area contributed by atoms with Gasteiger partial charge >= 0.3 is 0 Å². The molecule has 1 saturated heterocycles. The number of nitro groups is 1. The van der Waals surface area contributed by atoms with Crippen LogP contribution in [0.3, 0.4) is 0 Å². The topological polar surface area (TPSA) is 111 Å². The number of hydrazone groups is 1. The van der Waals surface area contributed by atoms with Gasteiger partial charge in [0.05, 0.1) is 30.1 Å². The highest BCUT2D eigenvalue weighted by atomic mass is 16.6. The molecule has 0 unspecified atom stereocenters. The van der Waals surface area contributed by atoms with Crippen molar-refractivity contribution in [1.29, 1.82) is 0 Å². The largest absolute Gasteiger partial charge is 0.493 e. The Hall–Kier alpha value is -4.01. The zero-order valence-electron chi connectivity index (χ0n) is 18.9. The van der Waals surface area contributed by atoms with Crippen LogP contribution in [0, 0.1) is 45.6 Å². The van der Waals surface area contributed by atoms with E-state index in [1.807, 2.05) is 0 Å². The molecule has 178 valence electrons. The van der Waals surface area contributed by atoms with E-state index in [1.165, 1.54) is 25.5 Å². The molecule has 6 atom stereocenters. The maximum absolute atomic E-state index is 13.1. The lowest BCUT2D eigenvalue weighted by atomic mass is 9.63. The number of nitrogens with zero attached hydrogens (tertiary/aromatic N) is 3. The number of hydrogen-bond donors (Lipinski definition) is 0. The number of allylic oxidation sites excluding steroid dienone is 2. The molecule has 2 aromatic rings. The first-order chi connectivity index (χ1) is 17.0. The zero-order chi connectivity index (χ0) is 24.3. The number of nitro benzene ring substituents is 1. The molecule has 9 heteroatoms. The number of methoxy groups -OCH3 is 1. The van der Waals surface area contributed by atoms with Crippen molar-refractivity contribution in [2.24, 2.45) is 40.6 Å². The summed E-state index contributed by atoms with van der Waals surface area (Å²) in [4.78, 5) is 36.5. The number of ether oxygens (including phenoxy) is 2. The van der Waals surface area contributed by atoms with Crippen molar-refractivity contribution < 1.29 is 24.0 Å². The lowest BCUT2D eigenvalue weighted by Gasteiger charge is -2.37. The third-order valence-electron chi connectivity index (χ3n) is 7.69. The summed E-state index contributed by atoms with van der Waals surface area (Å²) in [5.41, 5.74) is 1.45. The summed E-state index contributed by atoms with van der Waals surface area (Å²) in [5, 5.41) is 16.1. The Bertz CT molecular complexity index is 1250. The fourth-order valence-electron chi connectivity index (χ4n) is 5.94. The van der Waals surface area contributed by atoms with Gasteiger partial charge in [-0.2, -0.15) is 10.1 Å². The summed E-state index contributed by atoms with van der Waals surface area (Å²) < 4.78 is 11.3. The number of imide groups is 1. The minimum Gasteiger partial charge on any atom is -0.493 e. The predicted octanol–water partition coefficient (Wildman–Crippen LogP) is 3.57. The Balaban J connectivity index is 1.15. The first-order valence-electron chi connectivity index (χ1n) is 11.6. The van der Waals surface area contributed by atoms with Crippen LogP contribution in [-0.4, -0.2) is 35.1 Å². The smallest absolute Gasteiger partial charge is 0.269 e. The van der Waals surface area contributed by atoms with Crippen molar-refractivity contribution in [3.05, 3.63) is 75.9 Å². The minimum absolute atomic E-state index is 0.0184. The highest BCUT2D eigenvalue weighted by Crippen LogP contribution is 2.65. The van der Waals surface area contributed by atoms with Gasteiger partial charge in [0, 0.05) is 12.1 Å². The molecule has 0 spiro atoms. The molecule has 7 rings (SSSR count). The van der Waals surface area contributed by atoms with Crippen LogP contribution in [0.4, 0.5) is 5.69 Å². The summed E-state index contributed by atoms with van der Waals surface area (Å²) >= 11 is 0. The van der Waals surface area contributed by atoms with Gasteiger partial charge in [-0.15, -0.1) is 0 Å². The van der Waals surface area contributed by atoms with E-state index < -0.39 is 4.92 Å². The van der Waals surface area contributed by atoms with Gasteiger partial charge in [0.15, 0.2) is 11.5 Å². The summed E-state index contributed by atoms with van der Waals surface area (Å²) in [7, 11) is 1.52. The van der Waals surface area contributed by atoms with Crippen molar-refractivity contribution in [2.45, 2.75) is 13.0 Å². The highest BCUT2D eigenvalue weighted by molar-refractivity contribution is 6.06. The van der Waals surface area contributed by atoms with Gasteiger partial charge in [-0.3, -0.25) is 19.7 Å². The maximum Gasteiger partial charge on any atom is 0.269 e. The number of carbonyl (C=O) groups excluding carboxylic acids is 2. The molecule has 0 radical (unpaired) electrons. The van der Waals surface area contributed by atoms with Crippen molar-refractivity contribution >= 4 is 23.7 Å². The van der Waals surface area contributed by atoms with Gasteiger partial charge in [0.25, 0.3) is 17.5 Å². The predicted molar refractivity (Wildman–Crippen MR) is 125 cm³/mol. The van der Waals surface area contributed by atoms with Gasteiger partial charge in [0.1, 0.15) is 6.61 Å². The van der Waals surface area contributed by atoms with Crippen molar-refractivity contribution in [3.8, 4) is 11.5 Å². The minimum atomic E-state index is -0.450.